The molecule has 1 atom stereocenters. The fraction of sp³-hybridized carbons (Fsp3) is 0.625. The molecule has 2 rings (SSSR count). The van der Waals surface area contributed by atoms with Crippen LogP contribution in [-0.2, 0) is 10.0 Å². The van der Waals surface area contributed by atoms with E-state index in [1.165, 1.54) is 16.7 Å². The van der Waals surface area contributed by atoms with Crippen molar-refractivity contribution in [2.75, 3.05) is 20.1 Å². The molecule has 0 bridgehead atoms. The Morgan fingerprint density at radius 1 is 1.60 bits per heavy atom. The van der Waals surface area contributed by atoms with Gasteiger partial charge in [0.25, 0.3) is 0 Å². The van der Waals surface area contributed by atoms with Gasteiger partial charge in [0.15, 0.2) is 0 Å². The van der Waals surface area contributed by atoms with Gasteiger partial charge in [-0.1, -0.05) is 0 Å². The number of aromatic nitrogens is 2. The maximum absolute atomic E-state index is 12.0. The highest BCUT2D eigenvalue weighted by Crippen LogP contribution is 2.17. The molecule has 6 nitrogen and oxygen atoms in total. The number of hydrogen-bond donors (Lipinski definition) is 2. The van der Waals surface area contributed by atoms with Crippen molar-refractivity contribution in [3.63, 3.8) is 0 Å². The third kappa shape index (κ3) is 1.90. The Labute approximate surface area is 88.7 Å². The van der Waals surface area contributed by atoms with Crippen LogP contribution in [0, 0.1) is 0 Å². The van der Waals surface area contributed by atoms with Crippen LogP contribution < -0.4 is 5.32 Å². The topological polar surface area (TPSA) is 78.1 Å². The summed E-state index contributed by atoms with van der Waals surface area (Å²) >= 11 is 0. The van der Waals surface area contributed by atoms with Gasteiger partial charge in [-0.15, -0.1) is 0 Å². The second-order valence-electron chi connectivity index (χ2n) is 3.60. The van der Waals surface area contributed by atoms with Crippen molar-refractivity contribution < 1.29 is 8.42 Å². The SMILES string of the molecule is CN(C1CCNC1)S(=O)(=O)c1cn[nH]c1. The van der Waals surface area contributed by atoms with Crippen LogP contribution in [0.15, 0.2) is 17.3 Å². The second-order valence-corrected chi connectivity index (χ2v) is 5.60. The van der Waals surface area contributed by atoms with Crippen LogP contribution in [0.5, 0.6) is 0 Å². The van der Waals surface area contributed by atoms with E-state index in [4.69, 9.17) is 0 Å². The molecule has 0 amide bonds. The molecule has 1 unspecified atom stereocenters. The zero-order chi connectivity index (χ0) is 10.9. The normalized spacial score (nSPS) is 22.4. The molecule has 0 aromatic carbocycles. The molecule has 1 aliphatic rings. The van der Waals surface area contributed by atoms with E-state index in [9.17, 15) is 8.42 Å². The van der Waals surface area contributed by atoms with Gasteiger partial charge < -0.3 is 5.32 Å². The highest BCUT2D eigenvalue weighted by atomic mass is 32.2. The fourth-order valence-corrected chi connectivity index (χ4v) is 2.98. The minimum Gasteiger partial charge on any atom is -0.315 e. The number of hydrogen-bond acceptors (Lipinski definition) is 4. The number of aromatic amines is 1. The number of likely N-dealkylation sites (N-methyl/N-ethyl adjacent to an activating group) is 1. The van der Waals surface area contributed by atoms with Gasteiger partial charge in [0.2, 0.25) is 10.0 Å². The van der Waals surface area contributed by atoms with Crippen LogP contribution in [0.2, 0.25) is 0 Å². The summed E-state index contributed by atoms with van der Waals surface area (Å²) in [6.07, 6.45) is 3.58. The summed E-state index contributed by atoms with van der Waals surface area (Å²) in [6.45, 7) is 1.59. The zero-order valence-corrected chi connectivity index (χ0v) is 9.29. The molecule has 1 fully saturated rings. The van der Waals surface area contributed by atoms with Crippen LogP contribution in [0.1, 0.15) is 6.42 Å². The smallest absolute Gasteiger partial charge is 0.246 e. The van der Waals surface area contributed by atoms with E-state index >= 15 is 0 Å². The van der Waals surface area contributed by atoms with Gasteiger partial charge in [-0.3, -0.25) is 5.10 Å². The largest absolute Gasteiger partial charge is 0.315 e. The Bertz CT molecular complexity index is 408. The summed E-state index contributed by atoms with van der Waals surface area (Å²) in [4.78, 5) is 0.219. The van der Waals surface area contributed by atoms with E-state index in [-0.39, 0.29) is 10.9 Å². The van der Waals surface area contributed by atoms with Crippen LogP contribution in [0.25, 0.3) is 0 Å². The van der Waals surface area contributed by atoms with Crippen molar-refractivity contribution in [3.05, 3.63) is 12.4 Å². The first-order chi connectivity index (χ1) is 7.12. The van der Waals surface area contributed by atoms with Gasteiger partial charge in [0.1, 0.15) is 4.90 Å². The summed E-state index contributed by atoms with van der Waals surface area (Å²) < 4.78 is 25.5. The maximum Gasteiger partial charge on any atom is 0.246 e. The molecule has 2 heterocycles. The molecular formula is C8H14N4O2S. The fourth-order valence-electron chi connectivity index (χ4n) is 1.69. The molecule has 1 aromatic rings. The van der Waals surface area contributed by atoms with Crippen LogP contribution in [-0.4, -0.2) is 49.1 Å². The second kappa shape index (κ2) is 3.92. The third-order valence-electron chi connectivity index (χ3n) is 2.70. The van der Waals surface area contributed by atoms with Crippen molar-refractivity contribution in [2.24, 2.45) is 0 Å². The molecule has 0 saturated carbocycles. The van der Waals surface area contributed by atoms with Gasteiger partial charge in [-0.25, -0.2) is 8.42 Å². The Kier molecular flexibility index (Phi) is 2.76. The van der Waals surface area contributed by atoms with Crippen LogP contribution in [0.3, 0.4) is 0 Å². The van der Waals surface area contributed by atoms with Gasteiger partial charge >= 0.3 is 0 Å². The minimum absolute atomic E-state index is 0.0462. The summed E-state index contributed by atoms with van der Waals surface area (Å²) in [7, 11) is -1.77. The van der Waals surface area contributed by atoms with Crippen molar-refractivity contribution in [3.8, 4) is 0 Å². The summed E-state index contributed by atoms with van der Waals surface area (Å²) in [6, 6.07) is 0.0462. The lowest BCUT2D eigenvalue weighted by Crippen LogP contribution is -2.38. The molecule has 84 valence electrons. The molecule has 1 aromatic heterocycles. The Morgan fingerprint density at radius 2 is 2.40 bits per heavy atom. The van der Waals surface area contributed by atoms with Gasteiger partial charge in [-0.05, 0) is 13.0 Å². The van der Waals surface area contributed by atoms with Crippen molar-refractivity contribution in [2.45, 2.75) is 17.4 Å². The van der Waals surface area contributed by atoms with E-state index in [1.54, 1.807) is 7.05 Å². The molecular weight excluding hydrogens is 216 g/mol. The average molecular weight is 230 g/mol. The van der Waals surface area contributed by atoms with Crippen LogP contribution >= 0.6 is 0 Å². The van der Waals surface area contributed by atoms with Gasteiger partial charge in [0.05, 0.1) is 6.20 Å². The number of sulfonamides is 1. The van der Waals surface area contributed by atoms with Gasteiger partial charge in [0, 0.05) is 25.8 Å². The summed E-state index contributed by atoms with van der Waals surface area (Å²) in [5, 5.41) is 9.30. The molecule has 7 heteroatoms. The van der Waals surface area contributed by atoms with E-state index in [0.29, 0.717) is 6.54 Å². The first-order valence-corrected chi connectivity index (χ1v) is 6.24. The van der Waals surface area contributed by atoms with Crippen molar-refractivity contribution >= 4 is 10.0 Å². The number of rotatable bonds is 3. The highest BCUT2D eigenvalue weighted by molar-refractivity contribution is 7.89. The first-order valence-electron chi connectivity index (χ1n) is 4.80. The lowest BCUT2D eigenvalue weighted by Gasteiger charge is -2.22. The molecule has 0 radical (unpaired) electrons. The highest BCUT2D eigenvalue weighted by Gasteiger charge is 2.30. The number of H-pyrrole nitrogens is 1. The predicted molar refractivity (Wildman–Crippen MR) is 54.8 cm³/mol. The van der Waals surface area contributed by atoms with Crippen molar-refractivity contribution in [1.82, 2.24) is 19.8 Å². The lowest BCUT2D eigenvalue weighted by molar-refractivity contribution is 0.388. The Balaban J connectivity index is 2.22. The Morgan fingerprint density at radius 3 is 2.93 bits per heavy atom. The number of nitrogens with zero attached hydrogens (tertiary/aromatic N) is 2. The zero-order valence-electron chi connectivity index (χ0n) is 8.47. The van der Waals surface area contributed by atoms with Crippen molar-refractivity contribution in [1.29, 1.82) is 0 Å². The van der Waals surface area contributed by atoms with Crippen LogP contribution in [0.4, 0.5) is 0 Å². The molecule has 2 N–H and O–H groups in total. The van der Waals surface area contributed by atoms with E-state index in [2.05, 4.69) is 15.5 Å². The molecule has 1 aliphatic heterocycles. The van der Waals surface area contributed by atoms with E-state index < -0.39 is 10.0 Å². The predicted octanol–water partition coefficient (Wildman–Crippen LogP) is -0.608. The molecule has 1 saturated heterocycles. The first kappa shape index (κ1) is 10.6. The standard InChI is InChI=1S/C8H14N4O2S/c1-12(7-2-3-9-4-7)15(13,14)8-5-10-11-6-8/h5-7,9H,2-4H2,1H3,(H,10,11). The summed E-state index contributed by atoms with van der Waals surface area (Å²) in [5.74, 6) is 0. The van der Waals surface area contributed by atoms with E-state index in [0.717, 1.165) is 13.0 Å². The summed E-state index contributed by atoms with van der Waals surface area (Å²) in [5.41, 5.74) is 0. The minimum atomic E-state index is -3.38. The van der Waals surface area contributed by atoms with Gasteiger partial charge in [-0.2, -0.15) is 9.40 Å². The molecule has 0 aliphatic carbocycles. The quantitative estimate of drug-likeness (QED) is 0.726. The molecule has 15 heavy (non-hydrogen) atoms. The third-order valence-corrected chi connectivity index (χ3v) is 4.57. The average Bonchev–Trinajstić information content (AvgIpc) is 2.89. The maximum atomic E-state index is 12.0. The molecule has 0 spiro atoms. The number of nitrogens with one attached hydrogen (secondary N) is 2. The Hall–Kier alpha value is -0.920. The van der Waals surface area contributed by atoms with E-state index in [1.807, 2.05) is 0 Å². The monoisotopic (exact) mass is 230 g/mol. The lowest BCUT2D eigenvalue weighted by atomic mass is 10.3.